The van der Waals surface area contributed by atoms with Crippen LogP contribution in [-0.4, -0.2) is 22.6 Å². The van der Waals surface area contributed by atoms with Crippen LogP contribution in [0.15, 0.2) is 66.7 Å². The van der Waals surface area contributed by atoms with Gasteiger partial charge in [-0.2, -0.15) is 0 Å². The van der Waals surface area contributed by atoms with E-state index in [1.54, 1.807) is 0 Å². The molecule has 0 bridgehead atoms. The molecule has 1 aromatic heterocycles. The molecule has 0 radical (unpaired) electrons. The zero-order chi connectivity index (χ0) is 19.9. The van der Waals surface area contributed by atoms with Crippen LogP contribution in [-0.2, 0) is 0 Å². The summed E-state index contributed by atoms with van der Waals surface area (Å²) >= 11 is 0. The number of aromatic nitrogens is 2. The average Bonchev–Trinajstić information content (AvgIpc) is 2.79. The molecule has 1 heterocycles. The van der Waals surface area contributed by atoms with Gasteiger partial charge in [0.1, 0.15) is 0 Å². The first kappa shape index (κ1) is 19.1. The molecule has 0 atom stereocenters. The predicted octanol–water partition coefficient (Wildman–Crippen LogP) is 5.20. The van der Waals surface area contributed by atoms with Crippen molar-refractivity contribution in [1.29, 1.82) is 0 Å². The molecule has 3 aromatic rings. The van der Waals surface area contributed by atoms with Gasteiger partial charge < -0.3 is 10.6 Å². The topological polar surface area (TPSA) is 66.9 Å². The fourth-order valence-electron chi connectivity index (χ4n) is 3.78. The molecule has 2 aromatic carbocycles. The van der Waals surface area contributed by atoms with Crippen molar-refractivity contribution in [2.45, 2.75) is 32.1 Å². The fourth-order valence-corrected chi connectivity index (χ4v) is 3.78. The van der Waals surface area contributed by atoms with Crippen molar-refractivity contribution >= 4 is 17.4 Å². The summed E-state index contributed by atoms with van der Waals surface area (Å²) in [6, 6.07) is 21.3. The molecule has 2 N–H and O–H groups in total. The maximum Gasteiger partial charge on any atom is 0.251 e. The van der Waals surface area contributed by atoms with Crippen LogP contribution in [0.3, 0.4) is 0 Å². The van der Waals surface area contributed by atoms with Crippen LogP contribution in [0.1, 0.15) is 42.5 Å². The summed E-state index contributed by atoms with van der Waals surface area (Å²) in [6.45, 7) is 0.767. The van der Waals surface area contributed by atoms with Crippen LogP contribution in [0.5, 0.6) is 0 Å². The Balaban J connectivity index is 1.37. The number of carbonyl (C=O) groups is 1. The molecular weight excluding hydrogens is 360 g/mol. The summed E-state index contributed by atoms with van der Waals surface area (Å²) in [4.78, 5) is 12.5. The zero-order valence-electron chi connectivity index (χ0n) is 16.5. The largest absolute Gasteiger partial charge is 0.352 e. The Morgan fingerprint density at radius 2 is 1.72 bits per heavy atom. The molecule has 1 fully saturated rings. The molecule has 1 aliphatic rings. The van der Waals surface area contributed by atoms with Gasteiger partial charge >= 0.3 is 0 Å². The third kappa shape index (κ3) is 5.19. The lowest BCUT2D eigenvalue weighted by atomic mass is 9.89. The normalized spacial score (nSPS) is 14.3. The van der Waals surface area contributed by atoms with Gasteiger partial charge in [0.05, 0.1) is 5.69 Å². The molecule has 1 amide bonds. The molecular formula is C24H26N4O. The van der Waals surface area contributed by atoms with Crippen LogP contribution >= 0.6 is 0 Å². The lowest BCUT2D eigenvalue weighted by Gasteiger charge is -2.21. The summed E-state index contributed by atoms with van der Waals surface area (Å²) in [5.41, 5.74) is 3.33. The van der Waals surface area contributed by atoms with Crippen molar-refractivity contribution < 1.29 is 4.79 Å². The Labute approximate surface area is 171 Å². The second-order valence-electron chi connectivity index (χ2n) is 7.59. The number of hydrogen-bond acceptors (Lipinski definition) is 4. The maximum absolute atomic E-state index is 12.5. The lowest BCUT2D eigenvalue weighted by molar-refractivity contribution is 0.0943. The van der Waals surface area contributed by atoms with Crippen molar-refractivity contribution in [3.05, 3.63) is 72.3 Å². The highest BCUT2D eigenvalue weighted by atomic mass is 16.1. The fraction of sp³-hybridized carbons (Fsp3) is 0.292. The summed E-state index contributed by atoms with van der Waals surface area (Å²) < 4.78 is 0. The first-order valence-electron chi connectivity index (χ1n) is 10.3. The second kappa shape index (κ2) is 9.32. The van der Waals surface area contributed by atoms with E-state index in [1.807, 2.05) is 66.7 Å². The molecule has 0 unspecified atom stereocenters. The Bertz CT molecular complexity index is 935. The molecule has 0 spiro atoms. The molecule has 0 aliphatic heterocycles. The number of amides is 1. The number of nitrogens with one attached hydrogen (secondary N) is 2. The first-order valence-corrected chi connectivity index (χ1v) is 10.3. The number of nitrogens with zero attached hydrogens (tertiary/aromatic N) is 2. The maximum atomic E-state index is 12.5. The van der Waals surface area contributed by atoms with Crippen LogP contribution in [0.4, 0.5) is 11.5 Å². The SMILES string of the molecule is O=C(NCC1CCCCC1)c1cccc(Nc2ccc(-c3ccccc3)nn2)c1. The molecule has 4 rings (SSSR count). The molecule has 5 nitrogen and oxygen atoms in total. The number of hydrogen-bond donors (Lipinski definition) is 2. The van der Waals surface area contributed by atoms with Gasteiger partial charge in [-0.15, -0.1) is 10.2 Å². The van der Waals surface area contributed by atoms with E-state index in [9.17, 15) is 4.79 Å². The number of anilines is 2. The van der Waals surface area contributed by atoms with Crippen LogP contribution in [0, 0.1) is 5.92 Å². The Morgan fingerprint density at radius 1 is 0.897 bits per heavy atom. The van der Waals surface area contributed by atoms with Crippen molar-refractivity contribution in [2.24, 2.45) is 5.92 Å². The van der Waals surface area contributed by atoms with Crippen molar-refractivity contribution in [1.82, 2.24) is 15.5 Å². The van der Waals surface area contributed by atoms with E-state index >= 15 is 0 Å². The zero-order valence-corrected chi connectivity index (χ0v) is 16.5. The van der Waals surface area contributed by atoms with Gasteiger partial charge in [-0.1, -0.05) is 55.7 Å². The Kier molecular flexibility index (Phi) is 6.15. The monoisotopic (exact) mass is 386 g/mol. The highest BCUT2D eigenvalue weighted by Crippen LogP contribution is 2.23. The number of rotatable bonds is 6. The van der Waals surface area contributed by atoms with E-state index in [1.165, 1.54) is 32.1 Å². The molecule has 148 valence electrons. The van der Waals surface area contributed by atoms with E-state index in [0.717, 1.165) is 23.5 Å². The molecule has 29 heavy (non-hydrogen) atoms. The standard InChI is InChI=1S/C24H26N4O/c29-24(25-17-18-8-3-1-4-9-18)20-12-7-13-21(16-20)26-23-15-14-22(27-28-23)19-10-5-2-6-11-19/h2,5-7,10-16,18H,1,3-4,8-9,17H2,(H,25,29)(H,26,28). The molecule has 1 aliphatic carbocycles. The highest BCUT2D eigenvalue weighted by molar-refractivity contribution is 5.95. The Morgan fingerprint density at radius 3 is 2.48 bits per heavy atom. The van der Waals surface area contributed by atoms with Crippen LogP contribution < -0.4 is 10.6 Å². The molecule has 1 saturated carbocycles. The van der Waals surface area contributed by atoms with Gasteiger partial charge in [-0.05, 0) is 49.1 Å². The van der Waals surface area contributed by atoms with Gasteiger partial charge in [0.15, 0.2) is 5.82 Å². The second-order valence-corrected chi connectivity index (χ2v) is 7.59. The third-order valence-corrected chi connectivity index (χ3v) is 5.41. The number of carbonyl (C=O) groups excluding carboxylic acids is 1. The minimum atomic E-state index is -0.0234. The van der Waals surface area contributed by atoms with Crippen LogP contribution in [0.2, 0.25) is 0 Å². The van der Waals surface area contributed by atoms with E-state index in [2.05, 4.69) is 20.8 Å². The molecule has 5 heteroatoms. The summed E-state index contributed by atoms with van der Waals surface area (Å²) in [5, 5.41) is 14.9. The van der Waals surface area contributed by atoms with Gasteiger partial charge in [0.25, 0.3) is 5.91 Å². The quantitative estimate of drug-likeness (QED) is 0.611. The minimum Gasteiger partial charge on any atom is -0.352 e. The van der Waals surface area contributed by atoms with E-state index < -0.39 is 0 Å². The van der Waals surface area contributed by atoms with Crippen molar-refractivity contribution in [2.75, 3.05) is 11.9 Å². The van der Waals surface area contributed by atoms with Crippen LogP contribution in [0.25, 0.3) is 11.3 Å². The Hall–Kier alpha value is -3.21. The van der Waals surface area contributed by atoms with Gasteiger partial charge in [-0.25, -0.2) is 0 Å². The summed E-state index contributed by atoms with van der Waals surface area (Å²) in [5.74, 6) is 1.24. The smallest absolute Gasteiger partial charge is 0.251 e. The van der Waals surface area contributed by atoms with Crippen molar-refractivity contribution in [3.8, 4) is 11.3 Å². The van der Waals surface area contributed by atoms with Gasteiger partial charge in [0, 0.05) is 23.4 Å². The van der Waals surface area contributed by atoms with Gasteiger partial charge in [-0.3, -0.25) is 4.79 Å². The molecule has 0 saturated heterocycles. The van der Waals surface area contributed by atoms with Crippen molar-refractivity contribution in [3.63, 3.8) is 0 Å². The average molecular weight is 386 g/mol. The van der Waals surface area contributed by atoms with E-state index in [0.29, 0.717) is 17.3 Å². The minimum absolute atomic E-state index is 0.0234. The van der Waals surface area contributed by atoms with Gasteiger partial charge in [0.2, 0.25) is 0 Å². The van der Waals surface area contributed by atoms with E-state index in [4.69, 9.17) is 0 Å². The third-order valence-electron chi connectivity index (χ3n) is 5.41. The number of benzene rings is 2. The summed E-state index contributed by atoms with van der Waals surface area (Å²) in [6.07, 6.45) is 6.33. The summed E-state index contributed by atoms with van der Waals surface area (Å²) in [7, 11) is 0. The lowest BCUT2D eigenvalue weighted by Crippen LogP contribution is -2.30. The van der Waals surface area contributed by atoms with E-state index in [-0.39, 0.29) is 5.91 Å². The highest BCUT2D eigenvalue weighted by Gasteiger charge is 2.15. The first-order chi connectivity index (χ1) is 14.3. The predicted molar refractivity (Wildman–Crippen MR) is 116 cm³/mol.